The normalized spacial score (nSPS) is 9.23. The highest BCUT2D eigenvalue weighted by molar-refractivity contribution is 7.12. The van der Waals surface area contributed by atoms with Crippen LogP contribution in [0.15, 0.2) is 5.38 Å². The topological polar surface area (TPSA) is 46.5 Å². The van der Waals surface area contributed by atoms with Gasteiger partial charge >= 0.3 is 5.97 Å². The SMILES string of the molecule is C#CCOc1c(C)csc1C(=O)O. The standard InChI is InChI=1S/C9H8O3S/c1-3-4-12-7-6(2)5-13-8(7)9(10)11/h1,5H,4H2,2H3,(H,10,11). The van der Waals surface area contributed by atoms with Crippen LogP contribution in [0.5, 0.6) is 5.75 Å². The molecular weight excluding hydrogens is 188 g/mol. The maximum atomic E-state index is 10.7. The third-order valence-corrected chi connectivity index (χ3v) is 2.48. The van der Waals surface area contributed by atoms with E-state index in [0.717, 1.165) is 16.9 Å². The highest BCUT2D eigenvalue weighted by Gasteiger charge is 2.15. The summed E-state index contributed by atoms with van der Waals surface area (Å²) in [6, 6.07) is 0. The third-order valence-electron chi connectivity index (χ3n) is 1.41. The zero-order valence-electron chi connectivity index (χ0n) is 7.03. The smallest absolute Gasteiger partial charge is 0.349 e. The molecule has 1 N–H and O–H groups in total. The van der Waals surface area contributed by atoms with Crippen LogP contribution in [0.2, 0.25) is 0 Å². The van der Waals surface area contributed by atoms with Crippen molar-refractivity contribution in [3.63, 3.8) is 0 Å². The minimum Gasteiger partial charge on any atom is -0.479 e. The molecular formula is C9H8O3S. The van der Waals surface area contributed by atoms with E-state index >= 15 is 0 Å². The zero-order valence-corrected chi connectivity index (χ0v) is 7.85. The molecule has 0 spiro atoms. The molecule has 68 valence electrons. The number of carbonyl (C=O) groups is 1. The van der Waals surface area contributed by atoms with Gasteiger partial charge in [0, 0.05) is 5.56 Å². The van der Waals surface area contributed by atoms with Crippen LogP contribution in [0.3, 0.4) is 0 Å². The number of hydrogen-bond donors (Lipinski definition) is 1. The summed E-state index contributed by atoms with van der Waals surface area (Å²) in [4.78, 5) is 10.9. The average Bonchev–Trinajstić information content (AvgIpc) is 2.43. The first kappa shape index (κ1) is 9.62. The van der Waals surface area contributed by atoms with Crippen LogP contribution in [0.25, 0.3) is 0 Å². The Morgan fingerprint density at radius 3 is 3.08 bits per heavy atom. The Hall–Kier alpha value is -1.47. The molecule has 0 radical (unpaired) electrons. The summed E-state index contributed by atoms with van der Waals surface area (Å²) in [5, 5.41) is 10.5. The van der Waals surface area contributed by atoms with Crippen LogP contribution in [-0.2, 0) is 0 Å². The molecule has 1 heterocycles. The van der Waals surface area contributed by atoms with E-state index in [1.165, 1.54) is 0 Å². The first-order valence-corrected chi connectivity index (χ1v) is 4.42. The van der Waals surface area contributed by atoms with E-state index in [0.29, 0.717) is 5.75 Å². The molecule has 1 aromatic heterocycles. The lowest BCUT2D eigenvalue weighted by atomic mass is 10.3. The van der Waals surface area contributed by atoms with Gasteiger partial charge in [-0.3, -0.25) is 0 Å². The highest BCUT2D eigenvalue weighted by Crippen LogP contribution is 2.29. The van der Waals surface area contributed by atoms with Gasteiger partial charge in [-0.05, 0) is 12.3 Å². The molecule has 0 bridgehead atoms. The summed E-state index contributed by atoms with van der Waals surface area (Å²) >= 11 is 1.14. The Bertz CT molecular complexity index is 359. The van der Waals surface area contributed by atoms with E-state index in [2.05, 4.69) is 5.92 Å². The van der Waals surface area contributed by atoms with Crippen molar-refractivity contribution in [2.75, 3.05) is 6.61 Å². The summed E-state index contributed by atoms with van der Waals surface area (Å²) in [7, 11) is 0. The Labute approximate surface area is 80.0 Å². The molecule has 0 saturated heterocycles. The number of terminal acetylenes is 1. The van der Waals surface area contributed by atoms with Crippen LogP contribution in [0, 0.1) is 19.3 Å². The van der Waals surface area contributed by atoms with Crippen LogP contribution in [0.4, 0.5) is 0 Å². The van der Waals surface area contributed by atoms with E-state index in [9.17, 15) is 4.79 Å². The number of thiophene rings is 1. The first-order valence-electron chi connectivity index (χ1n) is 3.54. The van der Waals surface area contributed by atoms with Crippen molar-refractivity contribution in [1.82, 2.24) is 0 Å². The Balaban J connectivity index is 2.96. The molecule has 0 aliphatic heterocycles. The molecule has 0 aliphatic carbocycles. The first-order chi connectivity index (χ1) is 6.16. The predicted octanol–water partition coefficient (Wildman–Crippen LogP) is 1.77. The van der Waals surface area contributed by atoms with Crippen molar-refractivity contribution in [1.29, 1.82) is 0 Å². The van der Waals surface area contributed by atoms with Crippen molar-refractivity contribution >= 4 is 17.3 Å². The number of carboxylic acid groups (broad SMARTS) is 1. The number of rotatable bonds is 3. The Morgan fingerprint density at radius 1 is 1.85 bits per heavy atom. The second-order valence-corrected chi connectivity index (χ2v) is 3.25. The molecule has 1 aromatic rings. The monoisotopic (exact) mass is 196 g/mol. The van der Waals surface area contributed by atoms with Gasteiger partial charge in [-0.25, -0.2) is 4.79 Å². The molecule has 0 unspecified atom stereocenters. The fraction of sp³-hybridized carbons (Fsp3) is 0.222. The van der Waals surface area contributed by atoms with E-state index in [1.54, 1.807) is 12.3 Å². The van der Waals surface area contributed by atoms with Crippen molar-refractivity contribution in [2.24, 2.45) is 0 Å². The van der Waals surface area contributed by atoms with Crippen molar-refractivity contribution in [3.05, 3.63) is 15.8 Å². The molecule has 0 fully saturated rings. The molecule has 4 heteroatoms. The molecule has 0 saturated carbocycles. The van der Waals surface area contributed by atoms with Crippen molar-refractivity contribution < 1.29 is 14.6 Å². The quantitative estimate of drug-likeness (QED) is 0.749. The van der Waals surface area contributed by atoms with Gasteiger partial charge in [0.2, 0.25) is 0 Å². The molecule has 0 aromatic carbocycles. The maximum absolute atomic E-state index is 10.7. The van der Waals surface area contributed by atoms with Crippen molar-refractivity contribution in [2.45, 2.75) is 6.92 Å². The number of hydrogen-bond acceptors (Lipinski definition) is 3. The fourth-order valence-electron chi connectivity index (χ4n) is 0.874. The number of aryl methyl sites for hydroxylation is 1. The zero-order chi connectivity index (χ0) is 9.84. The number of ether oxygens (including phenoxy) is 1. The van der Waals surface area contributed by atoms with E-state index in [-0.39, 0.29) is 11.5 Å². The third kappa shape index (κ3) is 2.01. The summed E-state index contributed by atoms with van der Waals surface area (Å²) in [6.07, 6.45) is 5.00. The van der Waals surface area contributed by atoms with Gasteiger partial charge in [0.25, 0.3) is 0 Å². The lowest BCUT2D eigenvalue weighted by Gasteiger charge is -2.01. The van der Waals surface area contributed by atoms with Gasteiger partial charge in [-0.2, -0.15) is 0 Å². The number of aromatic carboxylic acids is 1. The Morgan fingerprint density at radius 2 is 2.54 bits per heavy atom. The summed E-state index contributed by atoms with van der Waals surface area (Å²) in [5.74, 6) is 1.69. The lowest BCUT2D eigenvalue weighted by molar-refractivity contribution is 0.0698. The molecule has 1 rings (SSSR count). The minimum atomic E-state index is -0.981. The van der Waals surface area contributed by atoms with Crippen LogP contribution < -0.4 is 4.74 Å². The summed E-state index contributed by atoms with van der Waals surface area (Å²) in [6.45, 7) is 1.88. The number of carboxylic acids is 1. The van der Waals surface area contributed by atoms with Gasteiger partial charge in [0.15, 0.2) is 4.88 Å². The summed E-state index contributed by atoms with van der Waals surface area (Å²) < 4.78 is 5.11. The lowest BCUT2D eigenvalue weighted by Crippen LogP contribution is -2.00. The molecule has 0 amide bonds. The maximum Gasteiger partial charge on any atom is 0.349 e. The summed E-state index contributed by atoms with van der Waals surface area (Å²) in [5.41, 5.74) is 0.803. The molecule has 0 aliphatic rings. The van der Waals surface area contributed by atoms with E-state index < -0.39 is 5.97 Å². The second-order valence-electron chi connectivity index (χ2n) is 2.37. The van der Waals surface area contributed by atoms with Gasteiger partial charge < -0.3 is 9.84 Å². The van der Waals surface area contributed by atoms with E-state index in [1.807, 2.05) is 0 Å². The van der Waals surface area contributed by atoms with Crippen LogP contribution in [0.1, 0.15) is 15.2 Å². The van der Waals surface area contributed by atoms with Gasteiger partial charge in [-0.15, -0.1) is 17.8 Å². The van der Waals surface area contributed by atoms with Gasteiger partial charge in [0.1, 0.15) is 12.4 Å². The van der Waals surface area contributed by atoms with Gasteiger partial charge in [-0.1, -0.05) is 5.92 Å². The van der Waals surface area contributed by atoms with Crippen LogP contribution >= 0.6 is 11.3 Å². The molecule has 3 nitrogen and oxygen atoms in total. The van der Waals surface area contributed by atoms with Crippen LogP contribution in [-0.4, -0.2) is 17.7 Å². The second kappa shape index (κ2) is 3.97. The van der Waals surface area contributed by atoms with Crippen molar-refractivity contribution in [3.8, 4) is 18.1 Å². The molecule has 13 heavy (non-hydrogen) atoms. The average molecular weight is 196 g/mol. The largest absolute Gasteiger partial charge is 0.479 e. The Kier molecular flexibility index (Phi) is 2.93. The minimum absolute atomic E-state index is 0.0951. The fourth-order valence-corrected chi connectivity index (χ4v) is 1.70. The highest BCUT2D eigenvalue weighted by atomic mass is 32.1. The van der Waals surface area contributed by atoms with E-state index in [4.69, 9.17) is 16.3 Å². The van der Waals surface area contributed by atoms with Gasteiger partial charge in [0.05, 0.1) is 0 Å². The predicted molar refractivity (Wildman–Crippen MR) is 50.3 cm³/mol. The molecule has 0 atom stereocenters.